The van der Waals surface area contributed by atoms with Crippen molar-refractivity contribution in [3.05, 3.63) is 33.0 Å². The predicted molar refractivity (Wildman–Crippen MR) is 98.5 cm³/mol. The van der Waals surface area contributed by atoms with Gasteiger partial charge in [0, 0.05) is 5.38 Å². The Hall–Kier alpha value is -1.69. The molecule has 6 heteroatoms. The van der Waals surface area contributed by atoms with Gasteiger partial charge in [-0.25, -0.2) is 0 Å². The van der Waals surface area contributed by atoms with Crippen LogP contribution in [0.2, 0.25) is 0 Å². The van der Waals surface area contributed by atoms with Crippen molar-refractivity contribution in [2.24, 2.45) is 0 Å². The van der Waals surface area contributed by atoms with Gasteiger partial charge in [-0.05, 0) is 36.7 Å². The van der Waals surface area contributed by atoms with E-state index in [0.29, 0.717) is 10.7 Å². The molecule has 24 heavy (non-hydrogen) atoms. The Bertz CT molecular complexity index is 703. The summed E-state index contributed by atoms with van der Waals surface area (Å²) in [7, 11) is 0. The molecule has 0 aliphatic heterocycles. The minimum absolute atomic E-state index is 0.102. The zero-order chi connectivity index (χ0) is 16.8. The number of hydrogen-bond acceptors (Lipinski definition) is 4. The van der Waals surface area contributed by atoms with E-state index in [4.69, 9.17) is 0 Å². The Balaban J connectivity index is 1.82. The maximum atomic E-state index is 11.5. The fourth-order valence-electron chi connectivity index (χ4n) is 3.47. The summed E-state index contributed by atoms with van der Waals surface area (Å²) in [5.41, 5.74) is 1.85. The second-order valence-electron chi connectivity index (χ2n) is 6.62. The summed E-state index contributed by atoms with van der Waals surface area (Å²) in [4.78, 5) is 16.3. The molecular formula is C18H25N3O2S. The van der Waals surface area contributed by atoms with Gasteiger partial charge >= 0.3 is 5.82 Å². The van der Waals surface area contributed by atoms with E-state index in [1.165, 1.54) is 74.7 Å². The number of nitro groups is 1. The number of thiazole rings is 1. The van der Waals surface area contributed by atoms with E-state index in [-0.39, 0.29) is 10.7 Å². The van der Waals surface area contributed by atoms with Crippen LogP contribution in [0.5, 0.6) is 0 Å². The third-order valence-electron chi connectivity index (χ3n) is 4.77. The fourth-order valence-corrected chi connectivity index (χ4v) is 4.19. The van der Waals surface area contributed by atoms with Gasteiger partial charge in [-0.1, -0.05) is 61.9 Å². The van der Waals surface area contributed by atoms with Gasteiger partial charge in [0.15, 0.2) is 5.69 Å². The first-order chi connectivity index (χ1) is 11.8. The molecule has 0 radical (unpaired) electrons. The van der Waals surface area contributed by atoms with E-state index in [2.05, 4.69) is 4.98 Å². The molecule has 0 saturated heterocycles. The molecule has 2 heterocycles. The van der Waals surface area contributed by atoms with Crippen molar-refractivity contribution in [1.29, 1.82) is 0 Å². The molecule has 1 aliphatic rings. The number of nitrogens with zero attached hydrogens (tertiary/aromatic N) is 3. The first-order valence-electron chi connectivity index (χ1n) is 9.05. The van der Waals surface area contributed by atoms with E-state index in [1.807, 2.05) is 11.5 Å². The van der Waals surface area contributed by atoms with Gasteiger partial charge in [-0.2, -0.15) is 9.38 Å². The molecule has 2 aromatic heterocycles. The molecule has 1 fully saturated rings. The van der Waals surface area contributed by atoms with Crippen molar-refractivity contribution in [3.63, 3.8) is 0 Å². The topological polar surface area (TPSA) is 60.4 Å². The lowest BCUT2D eigenvalue weighted by Gasteiger charge is -2.10. The average Bonchev–Trinajstić information content (AvgIpc) is 3.10. The first-order valence-corrected chi connectivity index (χ1v) is 9.93. The van der Waals surface area contributed by atoms with Crippen molar-refractivity contribution in [2.45, 2.75) is 70.6 Å². The molecule has 0 N–H and O–H groups in total. The van der Waals surface area contributed by atoms with Gasteiger partial charge in [0.05, 0.1) is 0 Å². The molecule has 0 atom stereocenters. The van der Waals surface area contributed by atoms with Crippen LogP contribution in [0.15, 0.2) is 17.2 Å². The molecule has 0 amide bonds. The van der Waals surface area contributed by atoms with Gasteiger partial charge in [0.2, 0.25) is 0 Å². The maximum absolute atomic E-state index is 11.5. The molecule has 0 unspecified atom stereocenters. The second-order valence-corrected chi connectivity index (χ2v) is 7.49. The van der Waals surface area contributed by atoms with E-state index in [9.17, 15) is 10.1 Å². The highest BCUT2D eigenvalue weighted by Gasteiger charge is 2.22. The number of aromatic nitrogens is 2. The fraction of sp³-hybridized carbons (Fsp3) is 0.611. The van der Waals surface area contributed by atoms with E-state index in [1.54, 1.807) is 10.6 Å². The lowest BCUT2D eigenvalue weighted by Crippen LogP contribution is -1.95. The van der Waals surface area contributed by atoms with Gasteiger partial charge in [0.25, 0.3) is 4.96 Å². The lowest BCUT2D eigenvalue weighted by molar-refractivity contribution is -0.390. The van der Waals surface area contributed by atoms with E-state index < -0.39 is 0 Å². The highest BCUT2D eigenvalue weighted by atomic mass is 32.1. The van der Waals surface area contributed by atoms with Crippen LogP contribution in [0.3, 0.4) is 0 Å². The average molecular weight is 347 g/mol. The SMILES string of the molecule is O=[N+]([O-])c1c(C=C2CCCCCCCCCCC2)nc2sccn12. The van der Waals surface area contributed by atoms with Crippen molar-refractivity contribution >= 4 is 28.2 Å². The maximum Gasteiger partial charge on any atom is 0.355 e. The Morgan fingerprint density at radius 2 is 1.62 bits per heavy atom. The monoisotopic (exact) mass is 347 g/mol. The predicted octanol–water partition coefficient (Wildman–Crippen LogP) is 5.99. The molecule has 1 aliphatic carbocycles. The molecule has 0 spiro atoms. The first kappa shape index (κ1) is 17.1. The largest absolute Gasteiger partial charge is 0.358 e. The normalized spacial score (nSPS) is 18.1. The quantitative estimate of drug-likeness (QED) is 0.495. The Kier molecular flexibility index (Phi) is 6.01. The summed E-state index contributed by atoms with van der Waals surface area (Å²) in [6.07, 6.45) is 17.4. The highest BCUT2D eigenvalue weighted by molar-refractivity contribution is 7.15. The highest BCUT2D eigenvalue weighted by Crippen LogP contribution is 2.28. The standard InChI is InChI=1S/C18H25N3O2S/c22-21(23)17-16(19-18-20(17)12-13-24-18)14-15-10-8-6-4-2-1-3-5-7-9-11-15/h12-14H,1-11H2. The van der Waals surface area contributed by atoms with Gasteiger partial charge in [-0.3, -0.25) is 0 Å². The lowest BCUT2D eigenvalue weighted by atomic mass is 9.97. The summed E-state index contributed by atoms with van der Waals surface area (Å²) >= 11 is 1.44. The van der Waals surface area contributed by atoms with E-state index >= 15 is 0 Å². The summed E-state index contributed by atoms with van der Waals surface area (Å²) in [5, 5.41) is 13.3. The number of imidazole rings is 1. The number of hydrogen-bond donors (Lipinski definition) is 0. The molecule has 1 saturated carbocycles. The molecular weight excluding hydrogens is 322 g/mol. The molecule has 0 bridgehead atoms. The number of fused-ring (bicyclic) bond motifs is 1. The number of rotatable bonds is 2. The van der Waals surface area contributed by atoms with Crippen LogP contribution in [0.25, 0.3) is 11.0 Å². The van der Waals surface area contributed by atoms with Crippen LogP contribution in [0.4, 0.5) is 5.82 Å². The summed E-state index contributed by atoms with van der Waals surface area (Å²) in [6.45, 7) is 0. The van der Waals surface area contributed by atoms with Gasteiger partial charge in [0.1, 0.15) is 6.20 Å². The zero-order valence-corrected chi connectivity index (χ0v) is 14.9. The molecule has 5 nitrogen and oxygen atoms in total. The second kappa shape index (κ2) is 8.42. The number of allylic oxidation sites excluding steroid dienone is 1. The molecule has 0 aromatic carbocycles. The van der Waals surface area contributed by atoms with Crippen molar-refractivity contribution in [1.82, 2.24) is 9.38 Å². The van der Waals surface area contributed by atoms with Crippen LogP contribution in [0.1, 0.15) is 76.3 Å². The molecule has 3 rings (SSSR count). The zero-order valence-electron chi connectivity index (χ0n) is 14.1. The summed E-state index contributed by atoms with van der Waals surface area (Å²) in [5.74, 6) is 0.102. The Labute approximate surface area is 146 Å². The van der Waals surface area contributed by atoms with Crippen LogP contribution < -0.4 is 0 Å². The molecule has 2 aromatic rings. The summed E-state index contributed by atoms with van der Waals surface area (Å²) in [6, 6.07) is 0. The summed E-state index contributed by atoms with van der Waals surface area (Å²) < 4.78 is 1.59. The van der Waals surface area contributed by atoms with Crippen LogP contribution in [-0.4, -0.2) is 14.3 Å². The Morgan fingerprint density at radius 1 is 1.04 bits per heavy atom. The smallest absolute Gasteiger partial charge is 0.355 e. The van der Waals surface area contributed by atoms with Crippen molar-refractivity contribution in [3.8, 4) is 0 Å². The minimum atomic E-state index is -0.311. The third kappa shape index (κ3) is 4.23. The molecule has 130 valence electrons. The van der Waals surface area contributed by atoms with Crippen LogP contribution >= 0.6 is 11.3 Å². The van der Waals surface area contributed by atoms with Gasteiger partial charge < -0.3 is 10.1 Å². The Morgan fingerprint density at radius 3 is 2.21 bits per heavy atom. The third-order valence-corrected chi connectivity index (χ3v) is 5.53. The van der Waals surface area contributed by atoms with Crippen LogP contribution in [-0.2, 0) is 0 Å². The van der Waals surface area contributed by atoms with E-state index in [0.717, 1.165) is 12.8 Å². The van der Waals surface area contributed by atoms with Crippen molar-refractivity contribution < 1.29 is 4.92 Å². The van der Waals surface area contributed by atoms with Crippen LogP contribution in [0, 0.1) is 10.1 Å². The van der Waals surface area contributed by atoms with Crippen molar-refractivity contribution in [2.75, 3.05) is 0 Å². The van der Waals surface area contributed by atoms with Gasteiger partial charge in [-0.15, -0.1) is 0 Å². The minimum Gasteiger partial charge on any atom is -0.358 e.